The summed E-state index contributed by atoms with van der Waals surface area (Å²) in [5, 5.41) is 36.9. The number of carboxylic acids is 1. The zero-order valence-electron chi connectivity index (χ0n) is 14.2. The summed E-state index contributed by atoms with van der Waals surface area (Å²) in [6.45, 7) is 0.265. The third kappa shape index (κ3) is 15.8. The molecule has 0 amide bonds. The van der Waals surface area contributed by atoms with E-state index in [-0.39, 0.29) is 6.61 Å². The van der Waals surface area contributed by atoms with Crippen molar-refractivity contribution in [3.05, 3.63) is 12.2 Å². The summed E-state index contributed by atoms with van der Waals surface area (Å²) in [7, 11) is 0. The summed E-state index contributed by atoms with van der Waals surface area (Å²) in [4.78, 5) is 10.3. The number of unbranched alkanes of at least 4 members (excludes halogenated alkanes) is 8. The van der Waals surface area contributed by atoms with Crippen LogP contribution in [-0.4, -0.2) is 45.2 Å². The molecule has 4 N–H and O–H groups in total. The molecule has 0 bridgehead atoms. The van der Waals surface area contributed by atoms with Crippen molar-refractivity contribution >= 4 is 5.97 Å². The zero-order valence-corrected chi connectivity index (χ0v) is 14.2. The van der Waals surface area contributed by atoms with Crippen LogP contribution in [0.3, 0.4) is 0 Å². The fourth-order valence-electron chi connectivity index (χ4n) is 2.53. The van der Waals surface area contributed by atoms with E-state index >= 15 is 0 Å². The lowest BCUT2D eigenvalue weighted by Crippen LogP contribution is -2.25. The first-order valence-electron chi connectivity index (χ1n) is 8.94. The van der Waals surface area contributed by atoms with Crippen LogP contribution >= 0.6 is 0 Å². The van der Waals surface area contributed by atoms with Gasteiger partial charge in [-0.1, -0.05) is 51.0 Å². The lowest BCUT2D eigenvalue weighted by Gasteiger charge is -2.17. The molecule has 0 aliphatic carbocycles. The van der Waals surface area contributed by atoms with Crippen molar-refractivity contribution in [2.45, 2.75) is 89.3 Å². The Bertz CT molecular complexity index is 304. The van der Waals surface area contributed by atoms with Crippen LogP contribution in [0.4, 0.5) is 0 Å². The Balaban J connectivity index is 3.44. The number of carbonyl (C=O) groups is 1. The van der Waals surface area contributed by atoms with Crippen molar-refractivity contribution in [1.82, 2.24) is 0 Å². The molecule has 0 aromatic heterocycles. The standard InChI is InChI=1S/C18H34O5/c19-15-11-7-2-1-4-8-12-16(20)17(21)13-9-5-3-6-10-14-18(22)23/h10,14,16-17,19-21H,1-9,11-13,15H2,(H,22,23). The van der Waals surface area contributed by atoms with Gasteiger partial charge in [0.2, 0.25) is 0 Å². The summed E-state index contributed by atoms with van der Waals surface area (Å²) in [6, 6.07) is 0. The van der Waals surface area contributed by atoms with Gasteiger partial charge in [-0.2, -0.15) is 0 Å². The second-order valence-corrected chi connectivity index (χ2v) is 6.15. The maximum Gasteiger partial charge on any atom is 0.327 e. The highest BCUT2D eigenvalue weighted by Crippen LogP contribution is 2.14. The molecule has 0 saturated carbocycles. The average Bonchev–Trinajstić information content (AvgIpc) is 2.52. The number of hydrogen-bond donors (Lipinski definition) is 4. The Morgan fingerprint density at radius 3 is 1.78 bits per heavy atom. The van der Waals surface area contributed by atoms with Gasteiger partial charge in [-0.05, 0) is 32.1 Å². The number of hydrogen-bond acceptors (Lipinski definition) is 4. The van der Waals surface area contributed by atoms with E-state index in [9.17, 15) is 15.0 Å². The van der Waals surface area contributed by atoms with E-state index in [4.69, 9.17) is 10.2 Å². The largest absolute Gasteiger partial charge is 0.478 e. The van der Waals surface area contributed by atoms with Gasteiger partial charge in [0.15, 0.2) is 0 Å². The molecule has 0 saturated heterocycles. The van der Waals surface area contributed by atoms with E-state index in [1.54, 1.807) is 6.08 Å². The molecule has 0 aromatic carbocycles. The molecule has 23 heavy (non-hydrogen) atoms. The van der Waals surface area contributed by atoms with Gasteiger partial charge in [-0.25, -0.2) is 4.79 Å². The maximum atomic E-state index is 10.3. The molecular weight excluding hydrogens is 296 g/mol. The number of rotatable bonds is 16. The molecule has 5 nitrogen and oxygen atoms in total. The first-order valence-corrected chi connectivity index (χ1v) is 8.94. The molecule has 0 aliphatic rings. The second kappa shape index (κ2) is 16.0. The molecule has 0 rings (SSSR count). The first-order chi connectivity index (χ1) is 11.1. The molecular formula is C18H34O5. The second-order valence-electron chi connectivity index (χ2n) is 6.15. The van der Waals surface area contributed by atoms with Crippen LogP contribution in [0, 0.1) is 0 Å². The minimum absolute atomic E-state index is 0.265. The van der Waals surface area contributed by atoms with E-state index in [0.29, 0.717) is 12.8 Å². The molecule has 0 radical (unpaired) electrons. The molecule has 136 valence electrons. The van der Waals surface area contributed by atoms with Gasteiger partial charge >= 0.3 is 5.97 Å². The van der Waals surface area contributed by atoms with E-state index in [1.807, 2.05) is 0 Å². The van der Waals surface area contributed by atoms with Crippen LogP contribution in [0.2, 0.25) is 0 Å². The van der Waals surface area contributed by atoms with Crippen LogP contribution in [0.1, 0.15) is 77.0 Å². The summed E-state index contributed by atoms with van der Waals surface area (Å²) in [5.41, 5.74) is 0. The summed E-state index contributed by atoms with van der Waals surface area (Å²) < 4.78 is 0. The van der Waals surface area contributed by atoms with Crippen molar-refractivity contribution in [1.29, 1.82) is 0 Å². The fourth-order valence-corrected chi connectivity index (χ4v) is 2.53. The highest BCUT2D eigenvalue weighted by molar-refractivity contribution is 5.79. The average molecular weight is 330 g/mol. The number of carboxylic acid groups (broad SMARTS) is 1. The number of aliphatic carboxylic acids is 1. The summed E-state index contributed by atoms with van der Waals surface area (Å²) in [6.07, 6.45) is 12.3. The molecule has 2 atom stereocenters. The van der Waals surface area contributed by atoms with Gasteiger partial charge in [0, 0.05) is 12.7 Å². The summed E-state index contributed by atoms with van der Waals surface area (Å²) >= 11 is 0. The highest BCUT2D eigenvalue weighted by Gasteiger charge is 2.14. The highest BCUT2D eigenvalue weighted by atomic mass is 16.4. The van der Waals surface area contributed by atoms with Crippen molar-refractivity contribution < 1.29 is 25.2 Å². The van der Waals surface area contributed by atoms with Crippen molar-refractivity contribution in [3.63, 3.8) is 0 Å². The van der Waals surface area contributed by atoms with Gasteiger partial charge in [0.25, 0.3) is 0 Å². The van der Waals surface area contributed by atoms with Crippen LogP contribution in [-0.2, 0) is 4.79 Å². The van der Waals surface area contributed by atoms with Gasteiger partial charge in [0.05, 0.1) is 12.2 Å². The summed E-state index contributed by atoms with van der Waals surface area (Å²) in [5.74, 6) is -0.919. The van der Waals surface area contributed by atoms with E-state index < -0.39 is 18.2 Å². The van der Waals surface area contributed by atoms with Crippen LogP contribution in [0.5, 0.6) is 0 Å². The number of aliphatic hydroxyl groups is 3. The molecule has 2 unspecified atom stereocenters. The Kier molecular flexibility index (Phi) is 15.3. The molecule has 0 spiro atoms. The maximum absolute atomic E-state index is 10.3. The minimum atomic E-state index is -0.919. The lowest BCUT2D eigenvalue weighted by atomic mass is 10.00. The SMILES string of the molecule is O=C(O)C=CCCCCCC(O)C(O)CCCCCCCCO. The zero-order chi connectivity index (χ0) is 17.3. The van der Waals surface area contributed by atoms with Gasteiger partial charge < -0.3 is 20.4 Å². The quantitative estimate of drug-likeness (QED) is 0.258. The van der Waals surface area contributed by atoms with Crippen LogP contribution in [0.25, 0.3) is 0 Å². The Hall–Kier alpha value is -0.910. The van der Waals surface area contributed by atoms with E-state index in [0.717, 1.165) is 70.3 Å². The normalized spacial score (nSPS) is 14.2. The van der Waals surface area contributed by atoms with Crippen LogP contribution in [0.15, 0.2) is 12.2 Å². The van der Waals surface area contributed by atoms with Crippen molar-refractivity contribution in [2.75, 3.05) is 6.61 Å². The van der Waals surface area contributed by atoms with E-state index in [2.05, 4.69) is 0 Å². The Morgan fingerprint density at radius 1 is 0.783 bits per heavy atom. The monoisotopic (exact) mass is 330 g/mol. The molecule has 0 aromatic rings. The van der Waals surface area contributed by atoms with Gasteiger partial charge in [0.1, 0.15) is 0 Å². The number of allylic oxidation sites excluding steroid dienone is 1. The Labute approximate surface area is 140 Å². The third-order valence-electron chi connectivity index (χ3n) is 3.98. The van der Waals surface area contributed by atoms with Crippen molar-refractivity contribution in [3.8, 4) is 0 Å². The molecule has 0 fully saturated rings. The van der Waals surface area contributed by atoms with Crippen molar-refractivity contribution in [2.24, 2.45) is 0 Å². The molecule has 0 aliphatic heterocycles. The smallest absolute Gasteiger partial charge is 0.327 e. The Morgan fingerprint density at radius 2 is 1.26 bits per heavy atom. The number of aliphatic hydroxyl groups excluding tert-OH is 3. The van der Waals surface area contributed by atoms with Crippen LogP contribution < -0.4 is 0 Å². The van der Waals surface area contributed by atoms with Gasteiger partial charge in [-0.3, -0.25) is 0 Å². The molecule has 5 heteroatoms. The molecule has 0 heterocycles. The van der Waals surface area contributed by atoms with Gasteiger partial charge in [-0.15, -0.1) is 0 Å². The van der Waals surface area contributed by atoms with E-state index in [1.165, 1.54) is 0 Å². The fraction of sp³-hybridized carbons (Fsp3) is 0.833. The predicted octanol–water partition coefficient (Wildman–Crippen LogP) is 3.02. The topological polar surface area (TPSA) is 98.0 Å². The predicted molar refractivity (Wildman–Crippen MR) is 91.3 cm³/mol. The third-order valence-corrected chi connectivity index (χ3v) is 3.98. The minimum Gasteiger partial charge on any atom is -0.478 e. The lowest BCUT2D eigenvalue weighted by molar-refractivity contribution is -0.131. The first kappa shape index (κ1) is 22.1.